The monoisotopic (exact) mass is 356 g/mol. The lowest BCUT2D eigenvalue weighted by Crippen LogP contribution is -2.26. The van der Waals surface area contributed by atoms with Crippen LogP contribution in [0.15, 0.2) is 35.1 Å². The van der Waals surface area contributed by atoms with Crippen LogP contribution in [0.4, 0.5) is 0 Å². The van der Waals surface area contributed by atoms with Crippen molar-refractivity contribution >= 4 is 12.0 Å². The number of methoxy groups -OCH3 is 1. The molecular formula is C20H24N2O4. The van der Waals surface area contributed by atoms with E-state index in [0.29, 0.717) is 23.7 Å². The maximum absolute atomic E-state index is 12.0. The Morgan fingerprint density at radius 1 is 1.23 bits per heavy atom. The molecule has 1 amide bonds. The molecule has 1 heterocycles. The molecule has 6 nitrogen and oxygen atoms in total. The van der Waals surface area contributed by atoms with Gasteiger partial charge in [-0.05, 0) is 56.2 Å². The van der Waals surface area contributed by atoms with Crippen LogP contribution in [0, 0.1) is 13.8 Å². The van der Waals surface area contributed by atoms with Gasteiger partial charge in [-0.25, -0.2) is 0 Å². The number of hydrogen-bond acceptors (Lipinski definition) is 4. The smallest absolute Gasteiger partial charge is 0.253 e. The summed E-state index contributed by atoms with van der Waals surface area (Å²) in [5.41, 5.74) is 2.84. The van der Waals surface area contributed by atoms with E-state index in [1.165, 1.54) is 6.08 Å². The van der Waals surface area contributed by atoms with Gasteiger partial charge in [0.1, 0.15) is 0 Å². The molecule has 0 radical (unpaired) electrons. The highest BCUT2D eigenvalue weighted by molar-refractivity contribution is 5.91. The van der Waals surface area contributed by atoms with Crippen LogP contribution in [0.25, 0.3) is 6.08 Å². The molecule has 0 aliphatic rings. The van der Waals surface area contributed by atoms with Crippen LogP contribution < -0.4 is 20.3 Å². The van der Waals surface area contributed by atoms with Crippen molar-refractivity contribution < 1.29 is 14.3 Å². The van der Waals surface area contributed by atoms with Crippen LogP contribution in [0.3, 0.4) is 0 Å². The van der Waals surface area contributed by atoms with Gasteiger partial charge in [-0.1, -0.05) is 6.07 Å². The first-order chi connectivity index (χ1) is 12.4. The molecule has 0 spiro atoms. The average molecular weight is 356 g/mol. The second kappa shape index (κ2) is 8.89. The lowest BCUT2D eigenvalue weighted by molar-refractivity contribution is -0.116. The van der Waals surface area contributed by atoms with Crippen LogP contribution in [0.1, 0.15) is 29.3 Å². The number of aryl methyl sites for hydroxylation is 2. The van der Waals surface area contributed by atoms with Crippen molar-refractivity contribution in [2.75, 3.05) is 13.7 Å². The van der Waals surface area contributed by atoms with E-state index >= 15 is 0 Å². The molecule has 0 unspecified atom stereocenters. The van der Waals surface area contributed by atoms with Crippen molar-refractivity contribution in [2.45, 2.75) is 27.3 Å². The summed E-state index contributed by atoms with van der Waals surface area (Å²) >= 11 is 0. The van der Waals surface area contributed by atoms with Crippen LogP contribution in [0.2, 0.25) is 0 Å². The number of aromatic amines is 1. The van der Waals surface area contributed by atoms with E-state index in [2.05, 4.69) is 10.3 Å². The van der Waals surface area contributed by atoms with Gasteiger partial charge >= 0.3 is 0 Å². The van der Waals surface area contributed by atoms with Gasteiger partial charge in [0.05, 0.1) is 13.7 Å². The highest BCUT2D eigenvalue weighted by atomic mass is 16.5. The number of pyridine rings is 1. The number of benzene rings is 1. The first kappa shape index (κ1) is 19.3. The maximum Gasteiger partial charge on any atom is 0.253 e. The average Bonchev–Trinajstić information content (AvgIpc) is 2.59. The van der Waals surface area contributed by atoms with Crippen molar-refractivity contribution in [2.24, 2.45) is 0 Å². The molecule has 1 aromatic heterocycles. The van der Waals surface area contributed by atoms with Crippen molar-refractivity contribution in [1.29, 1.82) is 0 Å². The lowest BCUT2D eigenvalue weighted by atomic mass is 10.1. The zero-order valence-corrected chi connectivity index (χ0v) is 15.5. The van der Waals surface area contributed by atoms with Gasteiger partial charge in [-0.3, -0.25) is 9.59 Å². The van der Waals surface area contributed by atoms with Gasteiger partial charge in [-0.15, -0.1) is 0 Å². The molecule has 0 saturated carbocycles. The predicted molar refractivity (Wildman–Crippen MR) is 102 cm³/mol. The number of amides is 1. The number of carbonyl (C=O) groups is 1. The van der Waals surface area contributed by atoms with Crippen LogP contribution in [0.5, 0.6) is 11.5 Å². The number of carbonyl (C=O) groups excluding carboxylic acids is 1. The first-order valence-corrected chi connectivity index (χ1v) is 8.40. The Labute approximate surface area is 152 Å². The van der Waals surface area contributed by atoms with E-state index in [1.54, 1.807) is 25.3 Å². The van der Waals surface area contributed by atoms with Gasteiger partial charge in [0.25, 0.3) is 5.56 Å². The fraction of sp³-hybridized carbons (Fsp3) is 0.300. The van der Waals surface area contributed by atoms with E-state index in [9.17, 15) is 9.59 Å². The fourth-order valence-corrected chi connectivity index (χ4v) is 2.57. The van der Waals surface area contributed by atoms with Gasteiger partial charge < -0.3 is 19.8 Å². The molecule has 2 N–H and O–H groups in total. The summed E-state index contributed by atoms with van der Waals surface area (Å²) < 4.78 is 10.8. The summed E-state index contributed by atoms with van der Waals surface area (Å²) in [7, 11) is 1.58. The second-order valence-electron chi connectivity index (χ2n) is 5.84. The number of rotatable bonds is 7. The number of H-pyrrole nitrogens is 1. The van der Waals surface area contributed by atoms with Gasteiger partial charge in [0.2, 0.25) is 5.91 Å². The van der Waals surface area contributed by atoms with E-state index in [-0.39, 0.29) is 18.0 Å². The summed E-state index contributed by atoms with van der Waals surface area (Å²) in [5.74, 6) is 0.986. The minimum Gasteiger partial charge on any atom is -0.493 e. The predicted octanol–water partition coefficient (Wildman–Crippen LogP) is 2.73. The molecule has 0 aliphatic carbocycles. The standard InChI is InChI=1S/C20H24N2O4/c1-5-26-18-11-15(6-8-17(18)25-4)7-9-19(23)21-12-16-13(2)10-14(3)22-20(16)24/h6-11H,5,12H2,1-4H3,(H,21,23)(H,22,24)/b9-7+. The summed E-state index contributed by atoms with van der Waals surface area (Å²) in [6.45, 7) is 6.27. The first-order valence-electron chi connectivity index (χ1n) is 8.40. The number of hydrogen-bond donors (Lipinski definition) is 2. The molecule has 138 valence electrons. The molecule has 1 aromatic carbocycles. The molecule has 6 heteroatoms. The summed E-state index contributed by atoms with van der Waals surface area (Å²) in [4.78, 5) is 26.7. The Hall–Kier alpha value is -3.02. The molecular weight excluding hydrogens is 332 g/mol. The SMILES string of the molecule is CCOc1cc(/C=C/C(=O)NCc2c(C)cc(C)[nH]c2=O)ccc1OC. The third kappa shape index (κ3) is 4.99. The van der Waals surface area contributed by atoms with Crippen molar-refractivity contribution in [3.05, 3.63) is 63.1 Å². The Balaban J connectivity index is 2.04. The number of aromatic nitrogens is 1. The Kier molecular flexibility index (Phi) is 6.60. The van der Waals surface area contributed by atoms with Crippen LogP contribution >= 0.6 is 0 Å². The number of ether oxygens (including phenoxy) is 2. The third-order valence-corrected chi connectivity index (χ3v) is 3.85. The molecule has 0 saturated heterocycles. The van der Waals surface area contributed by atoms with Gasteiger partial charge in [0.15, 0.2) is 11.5 Å². The van der Waals surface area contributed by atoms with Crippen LogP contribution in [-0.2, 0) is 11.3 Å². The van der Waals surface area contributed by atoms with Crippen molar-refractivity contribution in [1.82, 2.24) is 10.3 Å². The van der Waals surface area contributed by atoms with Gasteiger partial charge in [-0.2, -0.15) is 0 Å². The molecule has 2 aromatic rings. The topological polar surface area (TPSA) is 80.4 Å². The van der Waals surface area contributed by atoms with Gasteiger partial charge in [0, 0.05) is 23.9 Å². The summed E-state index contributed by atoms with van der Waals surface area (Å²) in [5, 5.41) is 2.73. The molecule has 0 fully saturated rings. The Bertz CT molecular complexity index is 869. The normalized spacial score (nSPS) is 10.8. The van der Waals surface area contributed by atoms with Crippen LogP contribution in [-0.4, -0.2) is 24.6 Å². The molecule has 0 bridgehead atoms. The minimum absolute atomic E-state index is 0.178. The zero-order chi connectivity index (χ0) is 19.1. The fourth-order valence-electron chi connectivity index (χ4n) is 2.57. The van der Waals surface area contributed by atoms with E-state index in [0.717, 1.165) is 16.8 Å². The maximum atomic E-state index is 12.0. The Morgan fingerprint density at radius 2 is 2.00 bits per heavy atom. The summed E-state index contributed by atoms with van der Waals surface area (Å²) in [6, 6.07) is 7.31. The highest BCUT2D eigenvalue weighted by Crippen LogP contribution is 2.28. The molecule has 26 heavy (non-hydrogen) atoms. The van der Waals surface area contributed by atoms with E-state index < -0.39 is 0 Å². The van der Waals surface area contributed by atoms with E-state index in [4.69, 9.17) is 9.47 Å². The third-order valence-electron chi connectivity index (χ3n) is 3.85. The number of nitrogens with one attached hydrogen (secondary N) is 2. The van der Waals surface area contributed by atoms with Crippen molar-refractivity contribution in [3.63, 3.8) is 0 Å². The molecule has 2 rings (SSSR count). The second-order valence-corrected chi connectivity index (χ2v) is 5.84. The molecule has 0 atom stereocenters. The summed E-state index contributed by atoms with van der Waals surface area (Å²) in [6.07, 6.45) is 3.11. The van der Waals surface area contributed by atoms with Crippen molar-refractivity contribution in [3.8, 4) is 11.5 Å². The lowest BCUT2D eigenvalue weighted by Gasteiger charge is -2.09. The highest BCUT2D eigenvalue weighted by Gasteiger charge is 2.07. The minimum atomic E-state index is -0.279. The quantitative estimate of drug-likeness (QED) is 0.748. The van der Waals surface area contributed by atoms with E-state index in [1.807, 2.05) is 32.9 Å². The Morgan fingerprint density at radius 3 is 2.65 bits per heavy atom. The largest absolute Gasteiger partial charge is 0.493 e. The zero-order valence-electron chi connectivity index (χ0n) is 15.5. The molecule has 0 aliphatic heterocycles.